The number of hydrogen-bond acceptors (Lipinski definition) is 5. The SMILES string of the molecule is Cc1ccc(C(=O)N2CC[C@H]3OCCN(Cc4cccnc4)[C@@H]3C2)s1. The van der Waals surface area contributed by atoms with Crippen molar-refractivity contribution in [2.45, 2.75) is 32.0 Å². The van der Waals surface area contributed by atoms with Gasteiger partial charge in [-0.05, 0) is 37.1 Å². The molecule has 2 aromatic rings. The molecule has 0 spiro atoms. The van der Waals surface area contributed by atoms with Crippen molar-refractivity contribution in [2.75, 3.05) is 26.2 Å². The third-order valence-corrected chi connectivity index (χ3v) is 6.04. The van der Waals surface area contributed by atoms with Gasteiger partial charge in [-0.3, -0.25) is 14.7 Å². The molecule has 4 heterocycles. The van der Waals surface area contributed by atoms with E-state index in [-0.39, 0.29) is 18.1 Å². The Hall–Kier alpha value is -1.76. The molecule has 2 fully saturated rings. The van der Waals surface area contributed by atoms with Gasteiger partial charge < -0.3 is 9.64 Å². The van der Waals surface area contributed by atoms with E-state index in [1.54, 1.807) is 17.5 Å². The molecule has 5 nitrogen and oxygen atoms in total. The number of aromatic nitrogens is 1. The van der Waals surface area contributed by atoms with E-state index in [4.69, 9.17) is 4.74 Å². The topological polar surface area (TPSA) is 45.7 Å². The number of morpholine rings is 1. The molecule has 2 aromatic heterocycles. The number of ether oxygens (including phenoxy) is 1. The molecule has 2 aliphatic heterocycles. The predicted molar refractivity (Wildman–Crippen MR) is 97.8 cm³/mol. The minimum absolute atomic E-state index is 0.156. The van der Waals surface area contributed by atoms with Crippen LogP contribution in [0, 0.1) is 6.92 Å². The fourth-order valence-corrected chi connectivity index (χ4v) is 4.59. The number of hydrogen-bond donors (Lipinski definition) is 0. The number of pyridine rings is 1. The summed E-state index contributed by atoms with van der Waals surface area (Å²) >= 11 is 1.58. The van der Waals surface area contributed by atoms with Crippen LogP contribution in [0.15, 0.2) is 36.7 Å². The largest absolute Gasteiger partial charge is 0.375 e. The van der Waals surface area contributed by atoms with E-state index in [0.29, 0.717) is 0 Å². The van der Waals surface area contributed by atoms with E-state index in [9.17, 15) is 4.79 Å². The molecule has 0 aliphatic carbocycles. The first-order valence-corrected chi connectivity index (χ1v) is 9.62. The van der Waals surface area contributed by atoms with Gasteiger partial charge in [-0.2, -0.15) is 0 Å². The molecular formula is C19H23N3O2S. The lowest BCUT2D eigenvalue weighted by Gasteiger charge is -2.47. The summed E-state index contributed by atoms with van der Waals surface area (Å²) in [7, 11) is 0. The van der Waals surface area contributed by atoms with Gasteiger partial charge in [-0.25, -0.2) is 0 Å². The monoisotopic (exact) mass is 357 g/mol. The van der Waals surface area contributed by atoms with Gasteiger partial charge >= 0.3 is 0 Å². The molecule has 6 heteroatoms. The Morgan fingerprint density at radius 2 is 2.28 bits per heavy atom. The molecule has 2 saturated heterocycles. The summed E-state index contributed by atoms with van der Waals surface area (Å²) in [6, 6.07) is 8.30. The van der Waals surface area contributed by atoms with Gasteiger partial charge in [0.1, 0.15) is 0 Å². The van der Waals surface area contributed by atoms with Gasteiger partial charge in [0.15, 0.2) is 0 Å². The third-order valence-electron chi connectivity index (χ3n) is 5.05. The lowest BCUT2D eigenvalue weighted by Crippen LogP contribution is -2.60. The van der Waals surface area contributed by atoms with Crippen LogP contribution in [0.25, 0.3) is 0 Å². The highest BCUT2D eigenvalue weighted by Gasteiger charge is 2.38. The van der Waals surface area contributed by atoms with Crippen LogP contribution >= 0.6 is 11.3 Å². The molecule has 1 amide bonds. The zero-order chi connectivity index (χ0) is 17.2. The van der Waals surface area contributed by atoms with Crippen LogP contribution in [0.2, 0.25) is 0 Å². The summed E-state index contributed by atoms with van der Waals surface area (Å²) in [5.41, 5.74) is 1.21. The normalized spacial score (nSPS) is 24.1. The van der Waals surface area contributed by atoms with Crippen molar-refractivity contribution in [3.63, 3.8) is 0 Å². The van der Waals surface area contributed by atoms with E-state index in [2.05, 4.69) is 16.0 Å². The minimum atomic E-state index is 0.156. The van der Waals surface area contributed by atoms with Crippen LogP contribution in [0.4, 0.5) is 0 Å². The van der Waals surface area contributed by atoms with Crippen LogP contribution in [0.1, 0.15) is 26.5 Å². The highest BCUT2D eigenvalue weighted by atomic mass is 32.1. The maximum atomic E-state index is 12.8. The fourth-order valence-electron chi connectivity index (χ4n) is 3.75. The highest BCUT2D eigenvalue weighted by Crippen LogP contribution is 2.26. The van der Waals surface area contributed by atoms with Gasteiger partial charge in [0, 0.05) is 43.4 Å². The number of carbonyl (C=O) groups excluding carboxylic acids is 1. The third kappa shape index (κ3) is 3.61. The first kappa shape index (κ1) is 16.7. The standard InChI is InChI=1S/C19H23N3O2S/c1-14-4-5-18(25-14)19(23)22-8-6-17-16(13-22)21(9-10-24-17)12-15-3-2-7-20-11-15/h2-5,7,11,16-17H,6,8-10,12-13H2,1H3/t16-,17-/m1/s1. The summed E-state index contributed by atoms with van der Waals surface area (Å²) < 4.78 is 6.00. The van der Waals surface area contributed by atoms with Crippen LogP contribution in [-0.4, -0.2) is 59.1 Å². The van der Waals surface area contributed by atoms with E-state index in [1.807, 2.05) is 36.2 Å². The average molecular weight is 357 g/mol. The Labute approximate surface area is 152 Å². The van der Waals surface area contributed by atoms with Crippen LogP contribution in [0.3, 0.4) is 0 Å². The Morgan fingerprint density at radius 3 is 3.04 bits per heavy atom. The van der Waals surface area contributed by atoms with Gasteiger partial charge in [-0.1, -0.05) is 6.07 Å². The summed E-state index contributed by atoms with van der Waals surface area (Å²) in [6.07, 6.45) is 4.85. The number of thiophene rings is 1. The van der Waals surface area contributed by atoms with Gasteiger partial charge in [0.25, 0.3) is 5.91 Å². The number of aryl methyl sites for hydroxylation is 1. The van der Waals surface area contributed by atoms with Gasteiger partial charge in [-0.15, -0.1) is 11.3 Å². The number of fused-ring (bicyclic) bond motifs is 1. The number of carbonyl (C=O) groups is 1. The quantitative estimate of drug-likeness (QED) is 0.847. The van der Waals surface area contributed by atoms with E-state index in [1.165, 1.54) is 10.4 Å². The second-order valence-electron chi connectivity index (χ2n) is 6.76. The molecular weight excluding hydrogens is 334 g/mol. The fraction of sp³-hybridized carbons (Fsp3) is 0.474. The molecule has 0 aromatic carbocycles. The summed E-state index contributed by atoms with van der Waals surface area (Å²) in [4.78, 5) is 23.5. The number of nitrogens with zero attached hydrogens (tertiary/aromatic N) is 3. The van der Waals surface area contributed by atoms with Crippen molar-refractivity contribution in [3.8, 4) is 0 Å². The second kappa shape index (κ2) is 7.23. The van der Waals surface area contributed by atoms with Crippen LogP contribution < -0.4 is 0 Å². The van der Waals surface area contributed by atoms with E-state index in [0.717, 1.165) is 44.1 Å². The Balaban J connectivity index is 1.48. The van der Waals surface area contributed by atoms with Gasteiger partial charge in [0.2, 0.25) is 0 Å². The molecule has 0 bridgehead atoms. The van der Waals surface area contributed by atoms with E-state index >= 15 is 0 Å². The lowest BCUT2D eigenvalue weighted by atomic mass is 9.98. The molecule has 0 unspecified atom stereocenters. The van der Waals surface area contributed by atoms with Gasteiger partial charge in [0.05, 0.1) is 23.6 Å². The van der Waals surface area contributed by atoms with Crippen molar-refractivity contribution in [1.29, 1.82) is 0 Å². The number of amides is 1. The lowest BCUT2D eigenvalue weighted by molar-refractivity contribution is -0.101. The minimum Gasteiger partial charge on any atom is -0.375 e. The first-order chi connectivity index (χ1) is 12.2. The molecule has 0 radical (unpaired) electrons. The molecule has 2 aliphatic rings. The van der Waals surface area contributed by atoms with Crippen molar-refractivity contribution in [2.24, 2.45) is 0 Å². The zero-order valence-electron chi connectivity index (χ0n) is 14.4. The van der Waals surface area contributed by atoms with Crippen molar-refractivity contribution < 1.29 is 9.53 Å². The Bertz CT molecular complexity index is 733. The summed E-state index contributed by atoms with van der Waals surface area (Å²) in [5.74, 6) is 0.156. The first-order valence-electron chi connectivity index (χ1n) is 8.81. The Morgan fingerprint density at radius 1 is 1.36 bits per heavy atom. The summed E-state index contributed by atoms with van der Waals surface area (Å²) in [6.45, 7) is 6.07. The zero-order valence-corrected chi connectivity index (χ0v) is 15.2. The average Bonchev–Trinajstić information content (AvgIpc) is 3.08. The maximum Gasteiger partial charge on any atom is 0.263 e. The second-order valence-corrected chi connectivity index (χ2v) is 8.05. The molecule has 25 heavy (non-hydrogen) atoms. The highest BCUT2D eigenvalue weighted by molar-refractivity contribution is 7.13. The Kier molecular flexibility index (Phi) is 4.83. The molecule has 0 N–H and O–H groups in total. The molecule has 132 valence electrons. The number of rotatable bonds is 3. The van der Waals surface area contributed by atoms with Crippen molar-refractivity contribution >= 4 is 17.2 Å². The van der Waals surface area contributed by atoms with Crippen molar-refractivity contribution in [1.82, 2.24) is 14.8 Å². The van der Waals surface area contributed by atoms with E-state index < -0.39 is 0 Å². The van der Waals surface area contributed by atoms with Crippen molar-refractivity contribution in [3.05, 3.63) is 52.0 Å². The number of likely N-dealkylation sites (tertiary alicyclic amines) is 1. The predicted octanol–water partition coefficient (Wildman–Crippen LogP) is 2.57. The summed E-state index contributed by atoms with van der Waals surface area (Å²) in [5, 5.41) is 0. The molecule has 4 rings (SSSR count). The smallest absolute Gasteiger partial charge is 0.263 e. The molecule has 2 atom stereocenters. The molecule has 0 saturated carbocycles. The van der Waals surface area contributed by atoms with Crippen LogP contribution in [-0.2, 0) is 11.3 Å². The number of piperidine rings is 1. The maximum absolute atomic E-state index is 12.8. The van der Waals surface area contributed by atoms with Crippen LogP contribution in [0.5, 0.6) is 0 Å².